The first-order valence-electron chi connectivity index (χ1n) is 9.27. The van der Waals surface area contributed by atoms with Crippen molar-refractivity contribution in [3.8, 4) is 11.6 Å². The Labute approximate surface area is 186 Å². The van der Waals surface area contributed by atoms with Crippen LogP contribution >= 0.6 is 15.9 Å². The number of hydrogen-bond donors (Lipinski definition) is 0. The van der Waals surface area contributed by atoms with Crippen LogP contribution in [0.25, 0.3) is 0 Å². The minimum absolute atomic E-state index is 0.0923. The van der Waals surface area contributed by atoms with Crippen molar-refractivity contribution in [2.75, 3.05) is 4.90 Å². The Kier molecular flexibility index (Phi) is 6.13. The summed E-state index contributed by atoms with van der Waals surface area (Å²) in [5, 5.41) is 12.1. The number of anilines is 2. The summed E-state index contributed by atoms with van der Waals surface area (Å²) in [5.74, 6) is 0.882. The summed E-state index contributed by atoms with van der Waals surface area (Å²) in [6.07, 6.45) is 2.87. The molecule has 2 aromatic carbocycles. The second kappa shape index (κ2) is 9.31. The van der Waals surface area contributed by atoms with Crippen LogP contribution in [0.1, 0.15) is 5.56 Å². The molecule has 0 spiro atoms. The van der Waals surface area contributed by atoms with Crippen LogP contribution in [0.5, 0.6) is 11.6 Å². The third-order valence-corrected chi connectivity index (χ3v) is 4.87. The molecular weight excluding hydrogens is 462 g/mol. The van der Waals surface area contributed by atoms with Crippen molar-refractivity contribution in [3.63, 3.8) is 0 Å². The van der Waals surface area contributed by atoms with Crippen LogP contribution in [0, 0.1) is 10.1 Å². The Morgan fingerprint density at radius 3 is 2.35 bits per heavy atom. The van der Waals surface area contributed by atoms with Gasteiger partial charge in [-0.1, -0.05) is 52.3 Å². The highest BCUT2D eigenvalue weighted by Gasteiger charge is 2.30. The zero-order valence-electron chi connectivity index (χ0n) is 16.1. The van der Waals surface area contributed by atoms with Crippen LogP contribution in [0.15, 0.2) is 89.8 Å². The number of hydrogen-bond acceptors (Lipinski definition) is 7. The lowest BCUT2D eigenvalue weighted by Crippen LogP contribution is -2.20. The molecule has 2 heterocycles. The number of rotatable bonds is 7. The summed E-state index contributed by atoms with van der Waals surface area (Å²) in [6, 6.07) is 21.9. The van der Waals surface area contributed by atoms with E-state index in [0.29, 0.717) is 18.1 Å². The Bertz CT molecular complexity index is 1170. The van der Waals surface area contributed by atoms with E-state index >= 15 is 0 Å². The zero-order valence-corrected chi connectivity index (χ0v) is 17.7. The summed E-state index contributed by atoms with van der Waals surface area (Å²) >= 11 is 3.35. The van der Waals surface area contributed by atoms with Gasteiger partial charge < -0.3 is 9.64 Å². The maximum absolute atomic E-state index is 12.1. The number of aromatic nitrogens is 3. The summed E-state index contributed by atoms with van der Waals surface area (Å²) in [5.41, 5.74) is 0.600. The lowest BCUT2D eigenvalue weighted by molar-refractivity contribution is -0.385. The fourth-order valence-electron chi connectivity index (χ4n) is 2.94. The Morgan fingerprint density at radius 2 is 1.68 bits per heavy atom. The lowest BCUT2D eigenvalue weighted by atomic mass is 10.2. The van der Waals surface area contributed by atoms with E-state index in [-0.39, 0.29) is 17.4 Å². The zero-order chi connectivity index (χ0) is 21.6. The van der Waals surface area contributed by atoms with Crippen molar-refractivity contribution in [3.05, 3.63) is 105 Å². The van der Waals surface area contributed by atoms with Crippen molar-refractivity contribution >= 4 is 33.3 Å². The number of benzene rings is 2. The quantitative estimate of drug-likeness (QED) is 0.249. The highest BCUT2D eigenvalue weighted by molar-refractivity contribution is 9.10. The topological polar surface area (TPSA) is 94.3 Å². The molecule has 2 aromatic heterocycles. The molecule has 8 nitrogen and oxygen atoms in total. The predicted octanol–water partition coefficient (Wildman–Crippen LogP) is 5.67. The van der Waals surface area contributed by atoms with Crippen LogP contribution < -0.4 is 9.64 Å². The first kappa shape index (κ1) is 20.4. The SMILES string of the molecule is O=[N+]([O-])c1c(Oc2ccc(Br)cc2)ncnc1N(Cc1ccccc1)c1ccccn1. The van der Waals surface area contributed by atoms with Gasteiger partial charge in [0.15, 0.2) is 0 Å². The Hall–Kier alpha value is -3.85. The predicted molar refractivity (Wildman–Crippen MR) is 119 cm³/mol. The monoisotopic (exact) mass is 477 g/mol. The number of halogens is 1. The number of nitrogens with zero attached hydrogens (tertiary/aromatic N) is 5. The molecule has 0 atom stereocenters. The van der Waals surface area contributed by atoms with Crippen molar-refractivity contribution in [2.24, 2.45) is 0 Å². The number of nitro groups is 1. The average molecular weight is 478 g/mol. The van der Waals surface area contributed by atoms with Gasteiger partial charge >= 0.3 is 11.6 Å². The van der Waals surface area contributed by atoms with Crippen LogP contribution in [-0.4, -0.2) is 19.9 Å². The van der Waals surface area contributed by atoms with Crippen LogP contribution in [-0.2, 0) is 6.54 Å². The molecule has 0 N–H and O–H groups in total. The molecule has 0 unspecified atom stereocenters. The lowest BCUT2D eigenvalue weighted by Gasteiger charge is -2.22. The van der Waals surface area contributed by atoms with E-state index in [1.165, 1.54) is 6.33 Å². The van der Waals surface area contributed by atoms with Gasteiger partial charge in [-0.3, -0.25) is 10.1 Å². The average Bonchev–Trinajstić information content (AvgIpc) is 2.80. The van der Waals surface area contributed by atoms with Gasteiger partial charge in [-0.25, -0.2) is 9.97 Å². The van der Waals surface area contributed by atoms with Gasteiger partial charge in [0.25, 0.3) is 0 Å². The maximum Gasteiger partial charge on any atom is 0.373 e. The normalized spacial score (nSPS) is 10.5. The van der Waals surface area contributed by atoms with Gasteiger partial charge in [0, 0.05) is 10.7 Å². The standard InChI is InChI=1S/C22H16BrN5O3/c23-17-9-11-18(12-10-17)31-22-20(28(29)30)21(25-15-26-22)27(19-8-4-5-13-24-19)14-16-6-2-1-3-7-16/h1-13,15H,14H2. The maximum atomic E-state index is 12.1. The number of ether oxygens (including phenoxy) is 1. The fraction of sp³-hybridized carbons (Fsp3) is 0.0455. The van der Waals surface area contributed by atoms with Crippen molar-refractivity contribution < 1.29 is 9.66 Å². The van der Waals surface area contributed by atoms with Gasteiger partial charge in [-0.05, 0) is 42.0 Å². The molecule has 154 valence electrons. The summed E-state index contributed by atoms with van der Waals surface area (Å²) in [4.78, 5) is 25.8. The molecule has 0 saturated heterocycles. The highest BCUT2D eigenvalue weighted by atomic mass is 79.9. The summed E-state index contributed by atoms with van der Waals surface area (Å²) < 4.78 is 6.60. The minimum Gasteiger partial charge on any atom is -0.434 e. The smallest absolute Gasteiger partial charge is 0.373 e. The molecule has 0 radical (unpaired) electrons. The van der Waals surface area contributed by atoms with Crippen molar-refractivity contribution in [1.29, 1.82) is 0 Å². The van der Waals surface area contributed by atoms with Crippen molar-refractivity contribution in [1.82, 2.24) is 15.0 Å². The molecule has 31 heavy (non-hydrogen) atoms. The van der Waals surface area contributed by atoms with E-state index in [1.807, 2.05) is 36.4 Å². The van der Waals surface area contributed by atoms with Crippen molar-refractivity contribution in [2.45, 2.75) is 6.54 Å². The molecule has 4 aromatic rings. The summed E-state index contributed by atoms with van der Waals surface area (Å²) in [7, 11) is 0. The Morgan fingerprint density at radius 1 is 0.935 bits per heavy atom. The molecule has 0 bridgehead atoms. The molecule has 0 aliphatic carbocycles. The van der Waals surface area contributed by atoms with Crippen LogP contribution in [0.3, 0.4) is 0 Å². The molecule has 0 aliphatic heterocycles. The van der Waals surface area contributed by atoms with Gasteiger partial charge in [0.1, 0.15) is 17.9 Å². The third kappa shape index (κ3) is 4.84. The van der Waals surface area contributed by atoms with E-state index in [9.17, 15) is 10.1 Å². The molecule has 4 rings (SSSR count). The van der Waals surface area contributed by atoms with Gasteiger partial charge in [-0.15, -0.1) is 0 Å². The van der Waals surface area contributed by atoms with E-state index in [2.05, 4.69) is 30.9 Å². The Balaban J connectivity index is 1.80. The van der Waals surface area contributed by atoms with Crippen LogP contribution in [0.2, 0.25) is 0 Å². The van der Waals surface area contributed by atoms with Gasteiger partial charge in [0.05, 0.1) is 11.5 Å². The molecule has 0 aliphatic rings. The largest absolute Gasteiger partial charge is 0.434 e. The fourth-order valence-corrected chi connectivity index (χ4v) is 3.21. The molecule has 0 saturated carbocycles. The first-order chi connectivity index (χ1) is 15.1. The van der Waals surface area contributed by atoms with Gasteiger partial charge in [0.2, 0.25) is 5.82 Å². The van der Waals surface area contributed by atoms with Crippen LogP contribution in [0.4, 0.5) is 17.3 Å². The van der Waals surface area contributed by atoms with E-state index in [1.54, 1.807) is 47.5 Å². The third-order valence-electron chi connectivity index (χ3n) is 4.35. The highest BCUT2D eigenvalue weighted by Crippen LogP contribution is 2.39. The summed E-state index contributed by atoms with van der Waals surface area (Å²) in [6.45, 7) is 0.327. The number of pyridine rings is 1. The first-order valence-corrected chi connectivity index (χ1v) is 10.1. The molecule has 9 heteroatoms. The second-order valence-electron chi connectivity index (χ2n) is 6.42. The molecular formula is C22H16BrN5O3. The minimum atomic E-state index is -0.537. The van der Waals surface area contributed by atoms with E-state index in [4.69, 9.17) is 4.74 Å². The van der Waals surface area contributed by atoms with Gasteiger partial charge in [-0.2, -0.15) is 4.98 Å². The molecule has 0 amide bonds. The second-order valence-corrected chi connectivity index (χ2v) is 7.34. The van der Waals surface area contributed by atoms with E-state index in [0.717, 1.165) is 10.0 Å². The van der Waals surface area contributed by atoms with E-state index < -0.39 is 4.92 Å². The molecule has 0 fully saturated rings.